The third-order valence-corrected chi connectivity index (χ3v) is 18.7. The van der Waals surface area contributed by atoms with E-state index in [9.17, 15) is 9.59 Å². The van der Waals surface area contributed by atoms with Gasteiger partial charge in [-0.2, -0.15) is 8.61 Å². The van der Waals surface area contributed by atoms with E-state index in [-0.39, 0.29) is 56.8 Å². The SMILES string of the molecule is CC(=O)Oc1c(-c2cc(C(C)(C)C)cc([C@@H]3OC[C@H](Cc4ccccc4)N3S(=O)(=O)c3c(C)cc(C)cc3C)c2OC(C)=O)cc(C(C)(C)C)cc1[C@@H]1OC[C@H](Cc2ccccc2)N1S(=O)(=O)c1c(C)cc(C)cc1C. The van der Waals surface area contributed by atoms with Crippen LogP contribution in [0, 0.1) is 41.5 Å². The summed E-state index contributed by atoms with van der Waals surface area (Å²) in [5, 5.41) is 0. The Bertz CT molecular complexity index is 3160. The molecule has 402 valence electrons. The Morgan fingerprint density at radius 3 is 1.12 bits per heavy atom. The van der Waals surface area contributed by atoms with Crippen molar-refractivity contribution in [3.05, 3.63) is 176 Å². The Kier molecular flexibility index (Phi) is 15.9. The topological polar surface area (TPSA) is 146 Å². The molecule has 0 saturated carbocycles. The number of carbonyl (C=O) groups excluding carboxylic acids is 2. The normalized spacial score (nSPS) is 18.8. The van der Waals surface area contributed by atoms with Crippen LogP contribution in [0.4, 0.5) is 0 Å². The first-order chi connectivity index (χ1) is 35.6. The molecule has 2 aliphatic rings. The lowest BCUT2D eigenvalue weighted by atomic mass is 9.80. The van der Waals surface area contributed by atoms with Gasteiger partial charge >= 0.3 is 11.9 Å². The second-order valence-corrected chi connectivity index (χ2v) is 26.3. The molecule has 2 saturated heterocycles. The molecule has 0 bridgehead atoms. The van der Waals surface area contributed by atoms with E-state index in [0.717, 1.165) is 33.4 Å². The molecule has 76 heavy (non-hydrogen) atoms. The molecular weight excluding hydrogens is 997 g/mol. The summed E-state index contributed by atoms with van der Waals surface area (Å²) in [4.78, 5) is 27.7. The van der Waals surface area contributed by atoms with Crippen LogP contribution in [0.5, 0.6) is 11.5 Å². The Balaban J connectivity index is 1.44. The molecule has 0 N–H and O–H groups in total. The number of hydrogen-bond acceptors (Lipinski definition) is 10. The molecule has 6 aromatic carbocycles. The number of esters is 2. The highest BCUT2D eigenvalue weighted by Gasteiger charge is 2.49. The second-order valence-electron chi connectivity index (χ2n) is 22.8. The highest BCUT2D eigenvalue weighted by Crippen LogP contribution is 2.52. The number of nitrogens with zero attached hydrogens (tertiary/aromatic N) is 2. The number of benzene rings is 6. The van der Waals surface area contributed by atoms with Gasteiger partial charge in [0.1, 0.15) is 11.5 Å². The lowest BCUT2D eigenvalue weighted by Gasteiger charge is -2.33. The maximum atomic E-state index is 15.7. The van der Waals surface area contributed by atoms with Gasteiger partial charge in [0.05, 0.1) is 35.1 Å². The third-order valence-electron chi connectivity index (χ3n) is 14.3. The third kappa shape index (κ3) is 11.3. The Labute approximate surface area is 450 Å². The minimum atomic E-state index is -4.38. The van der Waals surface area contributed by atoms with E-state index in [1.807, 2.05) is 165 Å². The van der Waals surface area contributed by atoms with E-state index in [4.69, 9.17) is 18.9 Å². The van der Waals surface area contributed by atoms with Crippen LogP contribution in [-0.2, 0) is 62.8 Å². The largest absolute Gasteiger partial charge is 0.426 e. The van der Waals surface area contributed by atoms with Crippen molar-refractivity contribution in [2.75, 3.05) is 13.2 Å². The van der Waals surface area contributed by atoms with E-state index in [1.165, 1.54) is 22.5 Å². The van der Waals surface area contributed by atoms with Crippen molar-refractivity contribution in [2.45, 2.75) is 155 Å². The van der Waals surface area contributed by atoms with E-state index in [2.05, 4.69) is 0 Å². The van der Waals surface area contributed by atoms with E-state index < -0.39 is 67.4 Å². The molecule has 2 heterocycles. The van der Waals surface area contributed by atoms with Gasteiger partial charge in [0.15, 0.2) is 12.5 Å². The summed E-state index contributed by atoms with van der Waals surface area (Å²) >= 11 is 0. The highest BCUT2D eigenvalue weighted by molar-refractivity contribution is 7.89. The number of sulfonamides is 2. The second kappa shape index (κ2) is 21.4. The van der Waals surface area contributed by atoms with Gasteiger partial charge in [-0.25, -0.2) is 16.8 Å². The van der Waals surface area contributed by atoms with Crippen LogP contribution in [0.1, 0.15) is 135 Å². The molecule has 0 unspecified atom stereocenters. The lowest BCUT2D eigenvalue weighted by molar-refractivity contribution is -0.133. The van der Waals surface area contributed by atoms with Crippen LogP contribution in [0.25, 0.3) is 11.1 Å². The Morgan fingerprint density at radius 1 is 0.513 bits per heavy atom. The summed E-state index contributed by atoms with van der Waals surface area (Å²) in [7, 11) is -8.77. The number of ether oxygens (including phenoxy) is 4. The molecule has 6 aromatic rings. The lowest BCUT2D eigenvalue weighted by Crippen LogP contribution is -2.40. The van der Waals surface area contributed by atoms with Gasteiger partial charge in [-0.05, 0) is 134 Å². The first kappa shape index (κ1) is 56.2. The average Bonchev–Trinajstić information content (AvgIpc) is 3.95. The minimum absolute atomic E-state index is 0.00704. The van der Waals surface area contributed by atoms with Gasteiger partial charge in [0, 0.05) is 36.1 Å². The molecule has 0 spiro atoms. The van der Waals surface area contributed by atoms with Crippen LogP contribution < -0.4 is 9.47 Å². The van der Waals surface area contributed by atoms with Gasteiger partial charge in [0.25, 0.3) is 0 Å². The van der Waals surface area contributed by atoms with Crippen molar-refractivity contribution in [1.29, 1.82) is 0 Å². The molecule has 4 atom stereocenters. The van der Waals surface area contributed by atoms with Gasteiger partial charge in [0.2, 0.25) is 20.0 Å². The molecule has 0 radical (unpaired) electrons. The average molecular weight is 1070 g/mol. The zero-order valence-electron chi connectivity index (χ0n) is 46.3. The predicted octanol–water partition coefficient (Wildman–Crippen LogP) is 12.3. The first-order valence-electron chi connectivity index (χ1n) is 25.9. The molecular formula is C62H72N2O10S2. The molecule has 0 aliphatic carbocycles. The van der Waals surface area contributed by atoms with Crippen molar-refractivity contribution in [3.63, 3.8) is 0 Å². The van der Waals surface area contributed by atoms with Crippen LogP contribution in [0.2, 0.25) is 0 Å². The number of hydrogen-bond donors (Lipinski definition) is 0. The molecule has 14 heteroatoms. The Hall–Kier alpha value is -6.00. The molecule has 2 fully saturated rings. The summed E-state index contributed by atoms with van der Waals surface area (Å²) in [6, 6.07) is 32.7. The maximum Gasteiger partial charge on any atom is 0.308 e. The fourth-order valence-electron chi connectivity index (χ4n) is 11.1. The van der Waals surface area contributed by atoms with Crippen LogP contribution >= 0.6 is 0 Å². The summed E-state index contributed by atoms with van der Waals surface area (Å²) in [6.45, 7) is 25.7. The summed E-state index contributed by atoms with van der Waals surface area (Å²) in [5.74, 6) is -1.43. The standard InChI is InChI=1S/C62H72N2O10S2/c1-37-25-39(3)57(40(4)26-37)75(67,68)63-49(29-45-21-17-15-18-22-45)35-71-59(63)53-33-47(61(9,10)11)31-51(55(53)73-43(7)65)52-32-48(62(12,13)14)34-54(56(52)74-44(8)66)60-64(50(36-72-60)30-46-23-19-16-20-24-46)76(69,70)58-41(5)27-38(2)28-42(58)6/h15-28,31-34,49-50,59-60H,29-30,35-36H2,1-14H3/t49-,50-,59-,60-/m0/s1. The van der Waals surface area contributed by atoms with Crippen molar-refractivity contribution in [2.24, 2.45) is 0 Å². The fourth-order valence-corrected chi connectivity index (χ4v) is 15.3. The van der Waals surface area contributed by atoms with Crippen LogP contribution in [-0.4, -0.2) is 62.7 Å². The van der Waals surface area contributed by atoms with Gasteiger partial charge in [-0.3, -0.25) is 9.59 Å². The molecule has 0 aromatic heterocycles. The minimum Gasteiger partial charge on any atom is -0.426 e. The maximum absolute atomic E-state index is 15.7. The van der Waals surface area contributed by atoms with E-state index >= 15 is 16.8 Å². The number of carbonyl (C=O) groups is 2. The van der Waals surface area contributed by atoms with E-state index in [0.29, 0.717) is 35.1 Å². The van der Waals surface area contributed by atoms with Crippen LogP contribution in [0.3, 0.4) is 0 Å². The highest BCUT2D eigenvalue weighted by atomic mass is 32.2. The Morgan fingerprint density at radius 2 is 0.829 bits per heavy atom. The van der Waals surface area contributed by atoms with Crippen molar-refractivity contribution < 1.29 is 45.4 Å². The predicted molar refractivity (Wildman–Crippen MR) is 297 cm³/mol. The molecule has 2 aliphatic heterocycles. The smallest absolute Gasteiger partial charge is 0.308 e. The van der Waals surface area contributed by atoms with Crippen LogP contribution in [0.15, 0.2) is 119 Å². The molecule has 8 rings (SSSR count). The quantitative estimate of drug-likeness (QED) is 0.0809. The van der Waals surface area contributed by atoms with Crippen molar-refractivity contribution in [1.82, 2.24) is 8.61 Å². The molecule has 0 amide bonds. The van der Waals surface area contributed by atoms with Crippen molar-refractivity contribution >= 4 is 32.0 Å². The zero-order chi connectivity index (χ0) is 55.4. The van der Waals surface area contributed by atoms with Gasteiger partial charge in [-0.1, -0.05) is 138 Å². The van der Waals surface area contributed by atoms with Crippen molar-refractivity contribution in [3.8, 4) is 22.6 Å². The summed E-state index contributed by atoms with van der Waals surface area (Å²) in [6.07, 6.45) is -2.02. The number of rotatable bonds is 13. The van der Waals surface area contributed by atoms with Gasteiger partial charge in [-0.15, -0.1) is 0 Å². The van der Waals surface area contributed by atoms with Gasteiger partial charge < -0.3 is 18.9 Å². The summed E-state index contributed by atoms with van der Waals surface area (Å²) < 4.78 is 91.9. The monoisotopic (exact) mass is 1070 g/mol. The first-order valence-corrected chi connectivity index (χ1v) is 28.7. The number of aryl methyl sites for hydroxylation is 6. The summed E-state index contributed by atoms with van der Waals surface area (Å²) in [5.41, 5.74) is 7.23. The zero-order valence-corrected chi connectivity index (χ0v) is 48.0. The fraction of sp³-hybridized carbons (Fsp3) is 0.387. The molecule has 12 nitrogen and oxygen atoms in total. The van der Waals surface area contributed by atoms with E-state index in [1.54, 1.807) is 27.7 Å².